The summed E-state index contributed by atoms with van der Waals surface area (Å²) in [4.78, 5) is 49.7. The average molecular weight is 675 g/mol. The Balaban J connectivity index is 1.32. The summed E-state index contributed by atoms with van der Waals surface area (Å²) in [6.45, 7) is 10.1. The van der Waals surface area contributed by atoms with Crippen molar-refractivity contribution in [3.63, 3.8) is 0 Å². The monoisotopic (exact) mass is 674 g/mol. The fraction of sp³-hybridized carbons (Fsp3) is 0.359. The minimum Gasteiger partial charge on any atom is -0.394 e. The molecule has 3 aliphatic rings. The second kappa shape index (κ2) is 13.3. The van der Waals surface area contributed by atoms with E-state index in [-0.39, 0.29) is 37.5 Å². The lowest BCUT2D eigenvalue weighted by Crippen LogP contribution is -2.57. The third-order valence-corrected chi connectivity index (χ3v) is 10.7. The number of amides is 3. The van der Waals surface area contributed by atoms with Crippen molar-refractivity contribution in [3.05, 3.63) is 121 Å². The van der Waals surface area contributed by atoms with E-state index in [0.717, 1.165) is 11.1 Å². The standard InChI is InChI=1S/C39H42N6O5/c1-4-22-42(24-27-14-8-6-9-15-27)35(47)32-33-36(48)45(31(25-46)28-16-10-7-11-17-28)34(39(33)21-20-38(32,3)50-39)37(49)43(23-5-2)26-44-30-19-13-12-18-29(30)40-41-44/h4-19,31-34,46H,1-2,20-26H2,3H3/t31-,32-,33+,34?,38+,39?/m1/s1. The molecule has 3 aliphatic heterocycles. The van der Waals surface area contributed by atoms with Gasteiger partial charge in [0.15, 0.2) is 0 Å². The molecule has 0 radical (unpaired) electrons. The first-order valence-electron chi connectivity index (χ1n) is 17.1. The molecule has 1 spiro atoms. The van der Waals surface area contributed by atoms with E-state index in [1.807, 2.05) is 91.9 Å². The lowest BCUT2D eigenvalue weighted by Gasteiger charge is -2.39. The molecule has 258 valence electrons. The summed E-state index contributed by atoms with van der Waals surface area (Å²) in [6.07, 6.45) is 4.20. The minimum absolute atomic E-state index is 0.0452. The van der Waals surface area contributed by atoms with Gasteiger partial charge in [0.1, 0.15) is 23.8 Å². The highest BCUT2D eigenvalue weighted by Crippen LogP contribution is 2.64. The van der Waals surface area contributed by atoms with E-state index in [0.29, 0.717) is 30.5 Å². The number of likely N-dealkylation sites (tertiary alicyclic amines) is 1. The molecule has 6 atom stereocenters. The molecule has 3 fully saturated rings. The zero-order valence-electron chi connectivity index (χ0n) is 28.2. The van der Waals surface area contributed by atoms with E-state index in [9.17, 15) is 9.90 Å². The van der Waals surface area contributed by atoms with E-state index >= 15 is 9.59 Å². The maximum absolute atomic E-state index is 15.1. The molecule has 3 aromatic carbocycles. The van der Waals surface area contributed by atoms with E-state index in [2.05, 4.69) is 23.5 Å². The summed E-state index contributed by atoms with van der Waals surface area (Å²) < 4.78 is 8.60. The normalized spacial score (nSPS) is 25.8. The molecule has 50 heavy (non-hydrogen) atoms. The number of aliphatic hydroxyl groups excluding tert-OH is 1. The number of fused-ring (bicyclic) bond motifs is 2. The molecule has 7 rings (SSSR count). The van der Waals surface area contributed by atoms with Gasteiger partial charge in [0.2, 0.25) is 17.7 Å². The third kappa shape index (κ3) is 5.41. The second-order valence-electron chi connectivity index (χ2n) is 13.6. The van der Waals surface area contributed by atoms with Crippen molar-refractivity contribution in [1.82, 2.24) is 29.7 Å². The highest BCUT2D eigenvalue weighted by molar-refractivity contribution is 5.99. The van der Waals surface area contributed by atoms with Crippen LogP contribution < -0.4 is 0 Å². The predicted molar refractivity (Wildman–Crippen MR) is 187 cm³/mol. The number of rotatable bonds is 13. The summed E-state index contributed by atoms with van der Waals surface area (Å²) in [5.41, 5.74) is 0.776. The molecule has 2 unspecified atom stereocenters. The minimum atomic E-state index is -1.30. The number of carbonyl (C=O) groups excluding carboxylic acids is 3. The van der Waals surface area contributed by atoms with Gasteiger partial charge in [-0.3, -0.25) is 14.4 Å². The fourth-order valence-corrected chi connectivity index (χ4v) is 8.50. The number of para-hydroxylation sites is 1. The summed E-state index contributed by atoms with van der Waals surface area (Å²) >= 11 is 0. The first kappa shape index (κ1) is 33.4. The third-order valence-electron chi connectivity index (χ3n) is 10.7. The lowest BCUT2D eigenvalue weighted by atomic mass is 9.66. The van der Waals surface area contributed by atoms with Gasteiger partial charge in [-0.25, -0.2) is 4.68 Å². The van der Waals surface area contributed by atoms with Gasteiger partial charge in [-0.1, -0.05) is 90.2 Å². The number of nitrogens with zero attached hydrogens (tertiary/aromatic N) is 6. The number of hydrogen-bond acceptors (Lipinski definition) is 7. The van der Waals surface area contributed by atoms with Crippen LogP contribution in [0.1, 0.15) is 36.9 Å². The molecule has 3 saturated heterocycles. The number of aromatic nitrogens is 3. The van der Waals surface area contributed by atoms with Crippen LogP contribution >= 0.6 is 0 Å². The highest BCUT2D eigenvalue weighted by atomic mass is 16.5. The largest absolute Gasteiger partial charge is 0.394 e. The molecular formula is C39H42N6O5. The number of ether oxygens (including phenoxy) is 1. The molecule has 11 nitrogen and oxygen atoms in total. The summed E-state index contributed by atoms with van der Waals surface area (Å²) in [5, 5.41) is 19.5. The first-order valence-corrected chi connectivity index (χ1v) is 17.1. The Morgan fingerprint density at radius 3 is 2.32 bits per heavy atom. The SMILES string of the molecule is C=CCN(Cn1nnc2ccccc21)C(=O)C1N([C@H](CO)c2ccccc2)C(=O)[C@@H]2[C@H](C(=O)N(CC=C)Cc3ccccc3)[C@]3(C)CCC12O3. The Kier molecular flexibility index (Phi) is 8.87. The van der Waals surface area contributed by atoms with Crippen LogP contribution in [-0.2, 0) is 32.3 Å². The van der Waals surface area contributed by atoms with Crippen LogP contribution in [0.4, 0.5) is 0 Å². The molecule has 3 amide bonds. The van der Waals surface area contributed by atoms with Crippen molar-refractivity contribution in [2.24, 2.45) is 11.8 Å². The number of hydrogen-bond donors (Lipinski definition) is 1. The maximum atomic E-state index is 15.1. The van der Waals surface area contributed by atoms with E-state index in [1.165, 1.54) is 4.90 Å². The molecule has 0 aliphatic carbocycles. The van der Waals surface area contributed by atoms with Gasteiger partial charge in [0.05, 0.1) is 35.6 Å². The Morgan fingerprint density at radius 1 is 0.960 bits per heavy atom. The van der Waals surface area contributed by atoms with Gasteiger partial charge in [-0.15, -0.1) is 18.3 Å². The summed E-state index contributed by atoms with van der Waals surface area (Å²) in [6, 6.07) is 24.4. The van der Waals surface area contributed by atoms with Gasteiger partial charge in [0, 0.05) is 19.6 Å². The quantitative estimate of drug-likeness (QED) is 0.212. The zero-order valence-corrected chi connectivity index (χ0v) is 28.2. The smallest absolute Gasteiger partial charge is 0.250 e. The molecule has 0 saturated carbocycles. The number of benzene rings is 3. The van der Waals surface area contributed by atoms with Gasteiger partial charge in [-0.05, 0) is 43.0 Å². The van der Waals surface area contributed by atoms with E-state index < -0.39 is 41.7 Å². The zero-order chi connectivity index (χ0) is 35.0. The van der Waals surface area contributed by atoms with Gasteiger partial charge in [0.25, 0.3) is 0 Å². The average Bonchev–Trinajstić information content (AvgIpc) is 3.84. The van der Waals surface area contributed by atoms with Crippen molar-refractivity contribution >= 4 is 28.8 Å². The van der Waals surface area contributed by atoms with Crippen molar-refractivity contribution in [2.45, 2.75) is 56.3 Å². The molecule has 1 aromatic heterocycles. The first-order chi connectivity index (χ1) is 24.3. The molecule has 1 N–H and O–H groups in total. The van der Waals surface area contributed by atoms with Gasteiger partial charge >= 0.3 is 0 Å². The van der Waals surface area contributed by atoms with Crippen LogP contribution in [0.15, 0.2) is 110 Å². The van der Waals surface area contributed by atoms with Crippen LogP contribution in [0.3, 0.4) is 0 Å². The van der Waals surface area contributed by atoms with E-state index in [4.69, 9.17) is 4.74 Å². The Hall–Kier alpha value is -5.13. The Labute approximate surface area is 291 Å². The van der Waals surface area contributed by atoms with Gasteiger partial charge < -0.3 is 24.5 Å². The van der Waals surface area contributed by atoms with Crippen LogP contribution in [0.5, 0.6) is 0 Å². The van der Waals surface area contributed by atoms with Crippen molar-refractivity contribution in [2.75, 3.05) is 19.7 Å². The molecule has 4 aromatic rings. The number of aliphatic hydroxyl groups is 1. The van der Waals surface area contributed by atoms with Crippen LogP contribution in [0.25, 0.3) is 11.0 Å². The highest BCUT2D eigenvalue weighted by Gasteiger charge is 2.79. The molecular weight excluding hydrogens is 632 g/mol. The molecule has 11 heteroatoms. The summed E-state index contributed by atoms with van der Waals surface area (Å²) in [7, 11) is 0. The van der Waals surface area contributed by atoms with Crippen molar-refractivity contribution < 1.29 is 24.2 Å². The molecule has 4 heterocycles. The Morgan fingerprint density at radius 2 is 1.62 bits per heavy atom. The summed E-state index contributed by atoms with van der Waals surface area (Å²) in [5.74, 6) is -2.77. The molecule has 2 bridgehead atoms. The second-order valence-corrected chi connectivity index (χ2v) is 13.6. The Bertz CT molecular complexity index is 1920. The van der Waals surface area contributed by atoms with Crippen LogP contribution in [0.2, 0.25) is 0 Å². The van der Waals surface area contributed by atoms with Crippen molar-refractivity contribution in [3.8, 4) is 0 Å². The topological polar surface area (TPSA) is 121 Å². The maximum Gasteiger partial charge on any atom is 0.250 e. The van der Waals surface area contributed by atoms with E-state index in [1.54, 1.807) is 26.6 Å². The number of carbonyl (C=O) groups is 3. The van der Waals surface area contributed by atoms with Gasteiger partial charge in [-0.2, -0.15) is 0 Å². The predicted octanol–water partition coefficient (Wildman–Crippen LogP) is 4.12. The lowest BCUT2D eigenvalue weighted by molar-refractivity contribution is -0.157. The van der Waals surface area contributed by atoms with Crippen LogP contribution in [0, 0.1) is 11.8 Å². The van der Waals surface area contributed by atoms with Crippen LogP contribution in [-0.4, -0.2) is 89.5 Å². The van der Waals surface area contributed by atoms with Crippen molar-refractivity contribution in [1.29, 1.82) is 0 Å². The fourth-order valence-electron chi connectivity index (χ4n) is 8.50.